The maximum absolute atomic E-state index is 14.1. The van der Waals surface area contributed by atoms with Gasteiger partial charge < -0.3 is 24.2 Å². The first-order valence-corrected chi connectivity index (χ1v) is 24.2. The van der Waals surface area contributed by atoms with Crippen molar-refractivity contribution in [2.24, 2.45) is 13.0 Å². The first-order chi connectivity index (χ1) is 30.9. The topological polar surface area (TPSA) is 118 Å². The number of amides is 3. The number of methoxy groups -OCH3 is 1. The van der Waals surface area contributed by atoms with Gasteiger partial charge >= 0.3 is 5.69 Å². The summed E-state index contributed by atoms with van der Waals surface area (Å²) in [6.07, 6.45) is 13.2. The molecule has 8 rings (SSSR count). The minimum Gasteiger partial charge on any atom is -0.493 e. The van der Waals surface area contributed by atoms with Crippen LogP contribution >= 0.6 is 11.6 Å². The number of hydrogen-bond acceptors (Lipinski definition) is 8. The molecule has 2 unspecified atom stereocenters. The average molecular weight is 896 g/mol. The molecule has 4 aliphatic rings. The highest BCUT2D eigenvalue weighted by Crippen LogP contribution is 2.45. The number of likely N-dealkylation sites (tertiary alicyclic amines) is 1. The predicted molar refractivity (Wildman–Crippen MR) is 251 cm³/mol. The number of hydrogen-bond donors (Lipinski definition) is 1. The Morgan fingerprint density at radius 1 is 0.844 bits per heavy atom. The summed E-state index contributed by atoms with van der Waals surface area (Å²) in [6.45, 7) is 8.66. The number of carbonyl (C=O) groups is 3. The fraction of sp³-hybridized carbons (Fsp3) is 0.569. The van der Waals surface area contributed by atoms with Crippen molar-refractivity contribution in [1.29, 1.82) is 0 Å². The summed E-state index contributed by atoms with van der Waals surface area (Å²) in [5.74, 6) is 1.56. The number of imide groups is 1. The van der Waals surface area contributed by atoms with Crippen LogP contribution in [0.4, 0.5) is 0 Å². The highest BCUT2D eigenvalue weighted by molar-refractivity contribution is 6.30. The highest BCUT2D eigenvalue weighted by atomic mass is 35.5. The number of ether oxygens (including phenoxy) is 2. The van der Waals surface area contributed by atoms with Crippen LogP contribution in [0.5, 0.6) is 11.5 Å². The molecule has 3 aromatic carbocycles. The van der Waals surface area contributed by atoms with E-state index in [9.17, 15) is 19.2 Å². The van der Waals surface area contributed by atoms with Crippen LogP contribution in [0.25, 0.3) is 11.0 Å². The quantitative estimate of drug-likeness (QED) is 0.0889. The highest BCUT2D eigenvalue weighted by Gasteiger charge is 2.41. The molecule has 1 aromatic heterocycles. The number of fused-ring (bicyclic) bond motifs is 2. The first-order valence-electron chi connectivity index (χ1n) is 23.8. The summed E-state index contributed by atoms with van der Waals surface area (Å²) in [5, 5.41) is 3.06. The van der Waals surface area contributed by atoms with E-state index in [2.05, 4.69) is 57.4 Å². The predicted octanol–water partition coefficient (Wildman–Crippen LogP) is 8.00. The Morgan fingerprint density at radius 3 is 2.28 bits per heavy atom. The molecule has 3 aliphatic heterocycles. The van der Waals surface area contributed by atoms with Crippen LogP contribution in [-0.2, 0) is 34.3 Å². The number of imidazole rings is 1. The van der Waals surface area contributed by atoms with Gasteiger partial charge in [0.2, 0.25) is 17.7 Å². The van der Waals surface area contributed by atoms with E-state index in [1.165, 1.54) is 50.8 Å². The summed E-state index contributed by atoms with van der Waals surface area (Å²) in [4.78, 5) is 59.0. The van der Waals surface area contributed by atoms with Crippen LogP contribution in [0.15, 0.2) is 59.4 Å². The van der Waals surface area contributed by atoms with Crippen LogP contribution in [-0.4, -0.2) is 100 Å². The van der Waals surface area contributed by atoms with Crippen LogP contribution < -0.4 is 20.5 Å². The Balaban J connectivity index is 0.773. The minimum absolute atomic E-state index is 0.0105. The number of carbonyl (C=O) groups excluding carboxylic acids is 3. The molecule has 64 heavy (non-hydrogen) atoms. The number of benzene rings is 3. The molecule has 3 amide bonds. The Labute approximate surface area is 383 Å². The third-order valence-corrected chi connectivity index (χ3v) is 14.7. The molecule has 1 N–H and O–H groups in total. The molecule has 3 fully saturated rings. The molecule has 1 saturated carbocycles. The maximum atomic E-state index is 14.1. The molecule has 1 aliphatic carbocycles. The van der Waals surface area contributed by atoms with E-state index in [1.807, 2.05) is 38.1 Å². The lowest BCUT2D eigenvalue weighted by Crippen LogP contribution is -2.50. The van der Waals surface area contributed by atoms with E-state index < -0.39 is 11.9 Å². The number of rotatable bonds is 16. The smallest absolute Gasteiger partial charge is 0.329 e. The molecule has 2 atom stereocenters. The summed E-state index contributed by atoms with van der Waals surface area (Å²) < 4.78 is 15.1. The fourth-order valence-corrected chi connectivity index (χ4v) is 11.1. The molecule has 0 spiro atoms. The standard InChI is InChI=1S/C51H67ClN6O6/c1-33(2)64-46-31-41-37(29-45(46)63-5)30-48(60)57(49(41)36-12-14-38(52)15-13-36)40-18-16-39(17-19-40)54(3)32-35-23-26-56(27-24-35)25-9-7-6-8-10-34-11-20-42-44(28-34)55(4)51(62)58(42)43-21-22-47(59)53-50(43)61/h11-15,20,28-29,31,33,35,39-40,43,49H,6-10,16-19,21-27,30,32H2,1-5H3,(H,53,59,61). The lowest BCUT2D eigenvalue weighted by Gasteiger charge is -2.46. The van der Waals surface area contributed by atoms with Crippen molar-refractivity contribution in [3.63, 3.8) is 0 Å². The molecule has 4 aromatic rings. The number of nitrogens with zero attached hydrogens (tertiary/aromatic N) is 5. The normalized spacial score (nSPS) is 22.4. The third kappa shape index (κ3) is 10.1. The minimum atomic E-state index is -0.661. The van der Waals surface area contributed by atoms with E-state index in [0.717, 1.165) is 79.3 Å². The molecule has 344 valence electrons. The second-order valence-corrected chi connectivity index (χ2v) is 19.6. The van der Waals surface area contributed by atoms with E-state index in [1.54, 1.807) is 23.3 Å². The second-order valence-electron chi connectivity index (χ2n) is 19.2. The second kappa shape index (κ2) is 20.3. The Hall–Kier alpha value is -4.65. The summed E-state index contributed by atoms with van der Waals surface area (Å²) >= 11 is 6.36. The summed E-state index contributed by atoms with van der Waals surface area (Å²) in [5.41, 5.74) is 5.69. The Bertz CT molecular complexity index is 2360. The van der Waals surface area contributed by atoms with Crippen LogP contribution in [0.2, 0.25) is 5.02 Å². The Morgan fingerprint density at radius 2 is 1.58 bits per heavy atom. The summed E-state index contributed by atoms with van der Waals surface area (Å²) in [7, 11) is 5.72. The van der Waals surface area contributed by atoms with Gasteiger partial charge in [0.05, 0.1) is 36.7 Å². The first kappa shape index (κ1) is 45.9. The average Bonchev–Trinajstić information content (AvgIpc) is 3.52. The zero-order valence-electron chi connectivity index (χ0n) is 38.5. The molecule has 0 radical (unpaired) electrons. The summed E-state index contributed by atoms with van der Waals surface area (Å²) in [6, 6.07) is 18.0. The number of aryl methyl sites for hydroxylation is 2. The molecular formula is C51H67ClN6O6. The van der Waals surface area contributed by atoms with Crippen LogP contribution in [0.1, 0.15) is 125 Å². The largest absolute Gasteiger partial charge is 0.493 e. The zero-order valence-corrected chi connectivity index (χ0v) is 39.2. The molecule has 2 saturated heterocycles. The number of nitrogens with one attached hydrogen (secondary N) is 1. The van der Waals surface area contributed by atoms with E-state index >= 15 is 0 Å². The van der Waals surface area contributed by atoms with Crippen molar-refractivity contribution in [2.75, 3.05) is 40.3 Å². The Kier molecular flexibility index (Phi) is 14.5. The maximum Gasteiger partial charge on any atom is 0.329 e. The van der Waals surface area contributed by atoms with Gasteiger partial charge in [-0.1, -0.05) is 42.6 Å². The van der Waals surface area contributed by atoms with Crippen molar-refractivity contribution >= 4 is 40.4 Å². The van der Waals surface area contributed by atoms with Gasteiger partial charge in [0.25, 0.3) is 0 Å². The number of halogens is 1. The lowest BCUT2D eigenvalue weighted by atomic mass is 9.82. The number of piperidine rings is 2. The SMILES string of the molecule is COc1cc2c(cc1OC(C)C)C(c1ccc(Cl)cc1)N(C1CCC(N(C)CC3CCN(CCCCCCc4ccc5c(c4)n(C)c(=O)n5C4CCC(=O)NC4=O)CC3)CC1)C(=O)C2. The van der Waals surface area contributed by atoms with Crippen molar-refractivity contribution in [3.05, 3.63) is 92.4 Å². The van der Waals surface area contributed by atoms with Crippen LogP contribution in [0.3, 0.4) is 0 Å². The lowest BCUT2D eigenvalue weighted by molar-refractivity contribution is -0.137. The van der Waals surface area contributed by atoms with E-state index in [4.69, 9.17) is 21.1 Å². The van der Waals surface area contributed by atoms with Gasteiger partial charge in [-0.15, -0.1) is 0 Å². The molecule has 0 bridgehead atoms. The van der Waals surface area contributed by atoms with Gasteiger partial charge in [-0.25, -0.2) is 4.79 Å². The van der Waals surface area contributed by atoms with Crippen molar-refractivity contribution < 1.29 is 23.9 Å². The zero-order chi connectivity index (χ0) is 45.1. The van der Waals surface area contributed by atoms with Gasteiger partial charge in [-0.05, 0) is 169 Å². The van der Waals surface area contributed by atoms with Gasteiger partial charge in [0.1, 0.15) is 6.04 Å². The van der Waals surface area contributed by atoms with Crippen molar-refractivity contribution in [3.8, 4) is 11.5 Å². The molecular weight excluding hydrogens is 828 g/mol. The number of unbranched alkanes of at least 4 members (excludes halogenated alkanes) is 3. The van der Waals surface area contributed by atoms with Gasteiger partial charge in [0.15, 0.2) is 11.5 Å². The molecule has 4 heterocycles. The van der Waals surface area contributed by atoms with E-state index in [-0.39, 0.29) is 42.1 Å². The van der Waals surface area contributed by atoms with Crippen molar-refractivity contribution in [1.82, 2.24) is 29.2 Å². The molecule has 13 heteroatoms. The van der Waals surface area contributed by atoms with Gasteiger partial charge in [0, 0.05) is 37.1 Å². The third-order valence-electron chi connectivity index (χ3n) is 14.5. The van der Waals surface area contributed by atoms with Gasteiger partial charge in [-0.2, -0.15) is 0 Å². The molecule has 12 nitrogen and oxygen atoms in total. The number of aromatic nitrogens is 2. The van der Waals surface area contributed by atoms with Crippen molar-refractivity contribution in [2.45, 2.75) is 134 Å². The van der Waals surface area contributed by atoms with E-state index in [0.29, 0.717) is 41.3 Å². The van der Waals surface area contributed by atoms with Gasteiger partial charge in [-0.3, -0.25) is 28.8 Å². The fourth-order valence-electron chi connectivity index (χ4n) is 11.0. The monoisotopic (exact) mass is 894 g/mol. The van der Waals surface area contributed by atoms with Crippen LogP contribution in [0, 0.1) is 5.92 Å².